The van der Waals surface area contributed by atoms with E-state index in [-0.39, 0.29) is 6.10 Å². The van der Waals surface area contributed by atoms with E-state index in [9.17, 15) is 0 Å². The molecule has 0 bridgehead atoms. The molecule has 0 radical (unpaired) electrons. The Morgan fingerprint density at radius 1 is 0.938 bits per heavy atom. The van der Waals surface area contributed by atoms with E-state index in [2.05, 4.69) is 38.1 Å². The molecule has 0 heterocycles. The summed E-state index contributed by atoms with van der Waals surface area (Å²) in [5, 5.41) is 0. The van der Waals surface area contributed by atoms with Gasteiger partial charge in [-0.15, -0.1) is 0 Å². The average Bonchev–Trinajstić information content (AvgIpc) is 2.30. The van der Waals surface area contributed by atoms with Crippen LogP contribution in [0.2, 0.25) is 0 Å². The fraction of sp³-hybridized carbons (Fsp3) is 0.200. The molecule has 0 spiro atoms. The largest absolute Gasteiger partial charge is 0.486 e. The van der Waals surface area contributed by atoms with Gasteiger partial charge < -0.3 is 4.74 Å². The summed E-state index contributed by atoms with van der Waals surface area (Å²) in [4.78, 5) is 0. The average molecular weight is 212 g/mol. The predicted molar refractivity (Wildman–Crippen MR) is 66.7 cm³/mol. The molecule has 0 fully saturated rings. The molecule has 1 atom stereocenters. The maximum Gasteiger partial charge on any atom is 0.121 e. The van der Waals surface area contributed by atoms with Crippen LogP contribution in [0.15, 0.2) is 54.6 Å². The third kappa shape index (κ3) is 2.63. The van der Waals surface area contributed by atoms with Gasteiger partial charge in [0.05, 0.1) is 0 Å². The maximum atomic E-state index is 5.88. The number of ether oxygens (including phenoxy) is 1. The lowest BCUT2D eigenvalue weighted by atomic mass is 10.1. The molecule has 0 saturated heterocycles. The monoisotopic (exact) mass is 212 g/mol. The van der Waals surface area contributed by atoms with E-state index >= 15 is 0 Å². The van der Waals surface area contributed by atoms with E-state index in [4.69, 9.17) is 4.74 Å². The van der Waals surface area contributed by atoms with Crippen LogP contribution in [-0.4, -0.2) is 0 Å². The summed E-state index contributed by atoms with van der Waals surface area (Å²) in [5.41, 5.74) is 2.42. The predicted octanol–water partition coefficient (Wildman–Crippen LogP) is 4.14. The van der Waals surface area contributed by atoms with Crippen molar-refractivity contribution in [3.8, 4) is 5.75 Å². The van der Waals surface area contributed by atoms with Gasteiger partial charge in [0.1, 0.15) is 11.9 Å². The number of hydrogen-bond donors (Lipinski definition) is 0. The summed E-state index contributed by atoms with van der Waals surface area (Å²) in [5.74, 6) is 0.927. The van der Waals surface area contributed by atoms with Crippen molar-refractivity contribution in [1.29, 1.82) is 0 Å². The normalized spacial score (nSPS) is 12.1. The Kier molecular flexibility index (Phi) is 3.25. The van der Waals surface area contributed by atoms with Crippen LogP contribution in [0, 0.1) is 6.92 Å². The highest BCUT2D eigenvalue weighted by Crippen LogP contribution is 2.21. The Morgan fingerprint density at radius 2 is 1.69 bits per heavy atom. The number of aryl methyl sites for hydroxylation is 1. The molecule has 1 nitrogen and oxygen atoms in total. The third-order valence-corrected chi connectivity index (χ3v) is 2.57. The van der Waals surface area contributed by atoms with Gasteiger partial charge in [-0.1, -0.05) is 42.5 Å². The van der Waals surface area contributed by atoms with Gasteiger partial charge in [-0.2, -0.15) is 0 Å². The van der Waals surface area contributed by atoms with Gasteiger partial charge >= 0.3 is 0 Å². The first kappa shape index (κ1) is 10.7. The van der Waals surface area contributed by atoms with Gasteiger partial charge in [0.15, 0.2) is 0 Å². The van der Waals surface area contributed by atoms with Crippen molar-refractivity contribution >= 4 is 0 Å². The topological polar surface area (TPSA) is 9.23 Å². The second-order valence-electron chi connectivity index (χ2n) is 3.99. The Hall–Kier alpha value is -1.76. The number of rotatable bonds is 3. The first-order valence-corrected chi connectivity index (χ1v) is 5.54. The van der Waals surface area contributed by atoms with E-state index in [1.165, 1.54) is 11.1 Å². The van der Waals surface area contributed by atoms with Crippen LogP contribution in [0.3, 0.4) is 0 Å². The SMILES string of the molecule is Cc1cccc(O[C@H](C)c2ccccc2)c1. The molecule has 16 heavy (non-hydrogen) atoms. The van der Waals surface area contributed by atoms with Gasteiger partial charge in [0, 0.05) is 0 Å². The van der Waals surface area contributed by atoms with Gasteiger partial charge in [-0.25, -0.2) is 0 Å². The van der Waals surface area contributed by atoms with Crippen LogP contribution >= 0.6 is 0 Å². The van der Waals surface area contributed by atoms with Crippen molar-refractivity contribution in [1.82, 2.24) is 0 Å². The van der Waals surface area contributed by atoms with E-state index in [0.29, 0.717) is 0 Å². The minimum atomic E-state index is 0.0861. The molecular formula is C15H16O. The van der Waals surface area contributed by atoms with Crippen molar-refractivity contribution < 1.29 is 4.74 Å². The Labute approximate surface area is 96.7 Å². The van der Waals surface area contributed by atoms with Crippen LogP contribution in [0.4, 0.5) is 0 Å². The lowest BCUT2D eigenvalue weighted by Crippen LogP contribution is -2.02. The lowest BCUT2D eigenvalue weighted by Gasteiger charge is -2.15. The number of benzene rings is 2. The second kappa shape index (κ2) is 4.84. The highest BCUT2D eigenvalue weighted by Gasteiger charge is 2.05. The van der Waals surface area contributed by atoms with Gasteiger partial charge in [-0.05, 0) is 37.1 Å². The van der Waals surface area contributed by atoms with Gasteiger partial charge in [0.2, 0.25) is 0 Å². The molecule has 0 aromatic heterocycles. The Balaban J connectivity index is 2.11. The molecule has 2 aromatic rings. The standard InChI is InChI=1S/C15H16O/c1-12-7-6-10-15(11-12)16-13(2)14-8-4-3-5-9-14/h3-11,13H,1-2H3/t13-/m1/s1. The molecule has 0 N–H and O–H groups in total. The smallest absolute Gasteiger partial charge is 0.121 e. The quantitative estimate of drug-likeness (QED) is 0.743. The Morgan fingerprint density at radius 3 is 2.38 bits per heavy atom. The highest BCUT2D eigenvalue weighted by molar-refractivity contribution is 5.28. The number of hydrogen-bond acceptors (Lipinski definition) is 1. The molecule has 0 unspecified atom stereocenters. The second-order valence-corrected chi connectivity index (χ2v) is 3.99. The van der Waals surface area contributed by atoms with E-state index < -0.39 is 0 Å². The maximum absolute atomic E-state index is 5.88. The first-order valence-electron chi connectivity index (χ1n) is 5.54. The lowest BCUT2D eigenvalue weighted by molar-refractivity contribution is 0.227. The summed E-state index contributed by atoms with van der Waals surface area (Å²) in [6.45, 7) is 4.14. The van der Waals surface area contributed by atoms with Crippen molar-refractivity contribution in [2.75, 3.05) is 0 Å². The van der Waals surface area contributed by atoms with Gasteiger partial charge in [-0.3, -0.25) is 0 Å². The molecule has 0 aliphatic heterocycles. The summed E-state index contributed by atoms with van der Waals surface area (Å²) in [7, 11) is 0. The summed E-state index contributed by atoms with van der Waals surface area (Å²) >= 11 is 0. The van der Waals surface area contributed by atoms with E-state index in [0.717, 1.165) is 5.75 Å². The molecular weight excluding hydrogens is 196 g/mol. The molecule has 0 aliphatic carbocycles. The van der Waals surface area contributed by atoms with Crippen molar-refractivity contribution in [3.63, 3.8) is 0 Å². The fourth-order valence-electron chi connectivity index (χ4n) is 1.68. The molecule has 82 valence electrons. The van der Waals surface area contributed by atoms with Crippen molar-refractivity contribution in [2.24, 2.45) is 0 Å². The molecule has 0 amide bonds. The van der Waals surface area contributed by atoms with Crippen LogP contribution in [0.5, 0.6) is 5.75 Å². The van der Waals surface area contributed by atoms with E-state index in [1.807, 2.05) is 30.3 Å². The molecule has 2 aromatic carbocycles. The Bertz CT molecular complexity index is 448. The zero-order valence-electron chi connectivity index (χ0n) is 9.68. The zero-order valence-corrected chi connectivity index (χ0v) is 9.68. The summed E-state index contributed by atoms with van der Waals surface area (Å²) in [6.07, 6.45) is 0.0861. The first-order chi connectivity index (χ1) is 7.75. The third-order valence-electron chi connectivity index (χ3n) is 2.57. The zero-order chi connectivity index (χ0) is 11.4. The highest BCUT2D eigenvalue weighted by atomic mass is 16.5. The minimum Gasteiger partial charge on any atom is -0.486 e. The van der Waals surface area contributed by atoms with Crippen molar-refractivity contribution in [3.05, 3.63) is 65.7 Å². The fourth-order valence-corrected chi connectivity index (χ4v) is 1.68. The van der Waals surface area contributed by atoms with Crippen LogP contribution in [0.1, 0.15) is 24.2 Å². The van der Waals surface area contributed by atoms with Crippen LogP contribution < -0.4 is 4.74 Å². The molecule has 1 heteroatoms. The van der Waals surface area contributed by atoms with Crippen molar-refractivity contribution in [2.45, 2.75) is 20.0 Å². The van der Waals surface area contributed by atoms with Gasteiger partial charge in [0.25, 0.3) is 0 Å². The van der Waals surface area contributed by atoms with Crippen LogP contribution in [-0.2, 0) is 0 Å². The van der Waals surface area contributed by atoms with E-state index in [1.54, 1.807) is 0 Å². The molecule has 2 rings (SSSR count). The molecule has 0 saturated carbocycles. The molecule has 0 aliphatic rings. The minimum absolute atomic E-state index is 0.0861. The summed E-state index contributed by atoms with van der Waals surface area (Å²) < 4.78 is 5.88. The summed E-state index contributed by atoms with van der Waals surface area (Å²) in [6, 6.07) is 18.4. The van der Waals surface area contributed by atoms with Crippen LogP contribution in [0.25, 0.3) is 0 Å².